The zero-order chi connectivity index (χ0) is 11.4. The van der Waals surface area contributed by atoms with Gasteiger partial charge in [0, 0.05) is 24.5 Å². The molecule has 1 unspecified atom stereocenters. The first-order chi connectivity index (χ1) is 6.20. The fraction of sp³-hybridized carbons (Fsp3) is 0.900. The average molecular weight is 201 g/mol. The van der Waals surface area contributed by atoms with Crippen molar-refractivity contribution in [2.24, 2.45) is 5.73 Å². The molecule has 1 amide bonds. The highest BCUT2D eigenvalue weighted by Crippen LogP contribution is 2.02. The summed E-state index contributed by atoms with van der Waals surface area (Å²) in [6.45, 7) is 6.53. The van der Waals surface area contributed by atoms with Crippen LogP contribution in [0.3, 0.4) is 0 Å². The van der Waals surface area contributed by atoms with Crippen molar-refractivity contribution < 1.29 is 4.79 Å². The summed E-state index contributed by atoms with van der Waals surface area (Å²) in [4.78, 5) is 13.5. The molecule has 0 radical (unpaired) electrons. The predicted molar refractivity (Wildman–Crippen MR) is 59.0 cm³/mol. The first-order valence-electron chi connectivity index (χ1n) is 4.93. The minimum absolute atomic E-state index is 0.0202. The van der Waals surface area contributed by atoms with Crippen molar-refractivity contribution in [3.05, 3.63) is 0 Å². The van der Waals surface area contributed by atoms with Crippen LogP contribution in [0.25, 0.3) is 0 Å². The summed E-state index contributed by atoms with van der Waals surface area (Å²) >= 11 is 0. The molecule has 0 aromatic carbocycles. The second-order valence-corrected chi connectivity index (χ2v) is 4.90. The number of likely N-dealkylation sites (N-methyl/N-ethyl adjacent to an activating group) is 1. The first-order valence-corrected chi connectivity index (χ1v) is 4.93. The van der Waals surface area contributed by atoms with E-state index >= 15 is 0 Å². The Morgan fingerprint density at radius 2 is 2.00 bits per heavy atom. The van der Waals surface area contributed by atoms with Crippen molar-refractivity contribution in [1.82, 2.24) is 10.2 Å². The van der Waals surface area contributed by atoms with Crippen LogP contribution < -0.4 is 11.1 Å². The second-order valence-electron chi connectivity index (χ2n) is 4.90. The van der Waals surface area contributed by atoms with E-state index in [2.05, 4.69) is 5.32 Å². The smallest absolute Gasteiger partial charge is 0.222 e. The highest BCUT2D eigenvalue weighted by atomic mass is 16.1. The fourth-order valence-corrected chi connectivity index (χ4v) is 1.33. The molecular weight excluding hydrogens is 178 g/mol. The Bertz CT molecular complexity index is 184. The van der Waals surface area contributed by atoms with Crippen molar-refractivity contribution in [3.63, 3.8) is 0 Å². The van der Waals surface area contributed by atoms with Gasteiger partial charge in [-0.3, -0.25) is 4.79 Å². The molecule has 0 aliphatic carbocycles. The van der Waals surface area contributed by atoms with Crippen LogP contribution in [0.4, 0.5) is 0 Å². The van der Waals surface area contributed by atoms with Gasteiger partial charge in [0.2, 0.25) is 5.91 Å². The third-order valence-electron chi connectivity index (χ3n) is 1.66. The second kappa shape index (κ2) is 5.32. The number of nitrogens with one attached hydrogen (secondary N) is 1. The molecule has 0 aliphatic rings. The maximum atomic E-state index is 11.4. The normalized spacial score (nSPS) is 14.2. The Labute approximate surface area is 86.8 Å². The van der Waals surface area contributed by atoms with E-state index in [0.29, 0.717) is 6.42 Å². The number of amides is 1. The molecular formula is C10H23N3O. The number of hydrogen-bond donors (Lipinski definition) is 2. The number of nitrogens with zero attached hydrogens (tertiary/aromatic N) is 1. The number of nitrogens with two attached hydrogens (primary N) is 1. The standard InChI is InChI=1S/C10H23N3O/c1-8(7-13(4)5)12-9(14)6-10(2,3)11/h8H,6-7,11H2,1-5H3,(H,12,14). The summed E-state index contributed by atoms with van der Waals surface area (Å²) in [6, 6.07) is 0.167. The van der Waals surface area contributed by atoms with Crippen LogP contribution >= 0.6 is 0 Å². The van der Waals surface area contributed by atoms with Crippen molar-refractivity contribution in [2.45, 2.75) is 38.8 Å². The summed E-state index contributed by atoms with van der Waals surface area (Å²) in [5.74, 6) is 0.0202. The average Bonchev–Trinajstić information content (AvgIpc) is 1.77. The summed E-state index contributed by atoms with van der Waals surface area (Å²) in [5.41, 5.74) is 5.31. The molecule has 4 heteroatoms. The van der Waals surface area contributed by atoms with Gasteiger partial charge >= 0.3 is 0 Å². The Morgan fingerprint density at radius 3 is 2.36 bits per heavy atom. The lowest BCUT2D eigenvalue weighted by Crippen LogP contribution is -2.44. The van der Waals surface area contributed by atoms with E-state index < -0.39 is 5.54 Å². The zero-order valence-electron chi connectivity index (χ0n) is 9.92. The monoisotopic (exact) mass is 201 g/mol. The minimum atomic E-state index is -0.429. The molecule has 0 aliphatic heterocycles. The largest absolute Gasteiger partial charge is 0.352 e. The number of carbonyl (C=O) groups is 1. The van der Waals surface area contributed by atoms with Crippen molar-refractivity contribution in [3.8, 4) is 0 Å². The lowest BCUT2D eigenvalue weighted by atomic mass is 10.0. The van der Waals surface area contributed by atoms with Crippen LogP contribution in [0, 0.1) is 0 Å². The molecule has 0 saturated heterocycles. The third kappa shape index (κ3) is 8.01. The van der Waals surface area contributed by atoms with Crippen LogP contribution in [0.1, 0.15) is 27.2 Å². The molecule has 84 valence electrons. The molecule has 0 fully saturated rings. The van der Waals surface area contributed by atoms with Gasteiger partial charge in [0.25, 0.3) is 0 Å². The van der Waals surface area contributed by atoms with E-state index in [1.165, 1.54) is 0 Å². The van der Waals surface area contributed by atoms with Gasteiger partial charge in [0.15, 0.2) is 0 Å². The van der Waals surface area contributed by atoms with Gasteiger partial charge in [-0.15, -0.1) is 0 Å². The van der Waals surface area contributed by atoms with Crippen molar-refractivity contribution in [2.75, 3.05) is 20.6 Å². The Balaban J connectivity index is 3.83. The van der Waals surface area contributed by atoms with Gasteiger partial charge < -0.3 is 16.0 Å². The van der Waals surface area contributed by atoms with Crippen LogP contribution in [0.5, 0.6) is 0 Å². The molecule has 0 aromatic heterocycles. The van der Waals surface area contributed by atoms with E-state index in [1.54, 1.807) is 0 Å². The van der Waals surface area contributed by atoms with Crippen LogP contribution in [0.15, 0.2) is 0 Å². The van der Waals surface area contributed by atoms with E-state index in [1.807, 2.05) is 39.8 Å². The highest BCUT2D eigenvalue weighted by Gasteiger charge is 2.17. The van der Waals surface area contributed by atoms with E-state index in [-0.39, 0.29) is 11.9 Å². The maximum Gasteiger partial charge on any atom is 0.222 e. The van der Waals surface area contributed by atoms with E-state index in [0.717, 1.165) is 6.54 Å². The lowest BCUT2D eigenvalue weighted by Gasteiger charge is -2.22. The van der Waals surface area contributed by atoms with Gasteiger partial charge in [-0.1, -0.05) is 0 Å². The highest BCUT2D eigenvalue weighted by molar-refractivity contribution is 5.77. The molecule has 0 heterocycles. The van der Waals surface area contributed by atoms with Gasteiger partial charge in [-0.25, -0.2) is 0 Å². The van der Waals surface area contributed by atoms with Crippen LogP contribution in [-0.4, -0.2) is 43.0 Å². The quantitative estimate of drug-likeness (QED) is 0.667. The predicted octanol–water partition coefficient (Wildman–Crippen LogP) is 0.180. The lowest BCUT2D eigenvalue weighted by molar-refractivity contribution is -0.122. The Hall–Kier alpha value is -0.610. The molecule has 0 bridgehead atoms. The maximum absolute atomic E-state index is 11.4. The first kappa shape index (κ1) is 13.4. The Morgan fingerprint density at radius 1 is 1.50 bits per heavy atom. The molecule has 1 atom stereocenters. The minimum Gasteiger partial charge on any atom is -0.352 e. The van der Waals surface area contributed by atoms with Crippen molar-refractivity contribution >= 4 is 5.91 Å². The summed E-state index contributed by atoms with van der Waals surface area (Å²) in [5, 5.41) is 2.91. The van der Waals surface area contributed by atoms with Crippen LogP contribution in [0.2, 0.25) is 0 Å². The van der Waals surface area contributed by atoms with Gasteiger partial charge in [-0.05, 0) is 34.9 Å². The molecule has 0 spiro atoms. The zero-order valence-corrected chi connectivity index (χ0v) is 9.92. The molecule has 0 saturated carbocycles. The summed E-state index contributed by atoms with van der Waals surface area (Å²) in [6.07, 6.45) is 0.366. The van der Waals surface area contributed by atoms with E-state index in [4.69, 9.17) is 5.73 Å². The van der Waals surface area contributed by atoms with Gasteiger partial charge in [-0.2, -0.15) is 0 Å². The molecule has 3 N–H and O–H groups in total. The molecule has 0 aromatic rings. The summed E-state index contributed by atoms with van der Waals surface area (Å²) < 4.78 is 0. The number of rotatable bonds is 5. The summed E-state index contributed by atoms with van der Waals surface area (Å²) in [7, 11) is 3.96. The topological polar surface area (TPSA) is 58.4 Å². The van der Waals surface area contributed by atoms with Crippen molar-refractivity contribution in [1.29, 1.82) is 0 Å². The van der Waals surface area contributed by atoms with Gasteiger partial charge in [0.05, 0.1) is 0 Å². The third-order valence-corrected chi connectivity index (χ3v) is 1.66. The van der Waals surface area contributed by atoms with Gasteiger partial charge in [0.1, 0.15) is 0 Å². The fourth-order valence-electron chi connectivity index (χ4n) is 1.33. The Kier molecular flexibility index (Phi) is 5.08. The van der Waals surface area contributed by atoms with E-state index in [9.17, 15) is 4.79 Å². The molecule has 0 rings (SSSR count). The molecule has 4 nitrogen and oxygen atoms in total. The number of hydrogen-bond acceptors (Lipinski definition) is 3. The molecule has 14 heavy (non-hydrogen) atoms. The van der Waals surface area contributed by atoms with Crippen LogP contribution in [-0.2, 0) is 4.79 Å². The number of carbonyl (C=O) groups excluding carboxylic acids is 1. The SMILES string of the molecule is CC(CN(C)C)NC(=O)CC(C)(C)N.